The molecule has 6 N–H and O–H groups in total. The fourth-order valence-electron chi connectivity index (χ4n) is 2.98. The lowest BCUT2D eigenvalue weighted by Crippen LogP contribution is -2.44. The Balaban J connectivity index is 1.86. The van der Waals surface area contributed by atoms with Crippen LogP contribution in [0.25, 0.3) is 0 Å². The SMILES string of the molecule is Cc1nc(N)nc(N2CCC(NC(=O)O)CC2)c1C#Cc1ccc(N)nc1. The van der Waals surface area contributed by atoms with E-state index in [1.807, 2.05) is 6.92 Å². The van der Waals surface area contributed by atoms with Gasteiger partial charge in [0.05, 0.1) is 11.3 Å². The number of hydrogen-bond acceptors (Lipinski definition) is 7. The minimum absolute atomic E-state index is 0.0607. The van der Waals surface area contributed by atoms with E-state index in [1.165, 1.54) is 0 Å². The fraction of sp³-hybridized carbons (Fsp3) is 0.333. The minimum atomic E-state index is -1.00. The lowest BCUT2D eigenvalue weighted by atomic mass is 10.0. The Hall–Kier alpha value is -3.54. The van der Waals surface area contributed by atoms with Crippen LogP contribution >= 0.6 is 0 Å². The molecule has 0 aliphatic carbocycles. The lowest BCUT2D eigenvalue weighted by Gasteiger charge is -2.33. The van der Waals surface area contributed by atoms with Gasteiger partial charge in [-0.05, 0) is 31.9 Å². The van der Waals surface area contributed by atoms with Crippen LogP contribution in [0.5, 0.6) is 0 Å². The number of anilines is 3. The van der Waals surface area contributed by atoms with Crippen LogP contribution in [0.4, 0.5) is 22.4 Å². The van der Waals surface area contributed by atoms with Crippen molar-refractivity contribution in [3.63, 3.8) is 0 Å². The van der Waals surface area contributed by atoms with E-state index in [0.29, 0.717) is 48.8 Å². The summed E-state index contributed by atoms with van der Waals surface area (Å²) in [6.07, 6.45) is 1.98. The van der Waals surface area contributed by atoms with Gasteiger partial charge in [-0.25, -0.2) is 14.8 Å². The topological polar surface area (TPSA) is 143 Å². The number of carbonyl (C=O) groups is 1. The molecule has 0 aromatic carbocycles. The first-order chi connectivity index (χ1) is 12.9. The normalized spacial score (nSPS) is 14.3. The van der Waals surface area contributed by atoms with E-state index in [1.54, 1.807) is 18.3 Å². The summed E-state index contributed by atoms with van der Waals surface area (Å²) in [5.41, 5.74) is 13.6. The first-order valence-corrected chi connectivity index (χ1v) is 8.54. The summed E-state index contributed by atoms with van der Waals surface area (Å²) in [7, 11) is 0. The quantitative estimate of drug-likeness (QED) is 0.575. The van der Waals surface area contributed by atoms with Crippen LogP contribution in [0.3, 0.4) is 0 Å². The number of aryl methyl sites for hydroxylation is 1. The van der Waals surface area contributed by atoms with E-state index in [9.17, 15) is 4.79 Å². The summed E-state index contributed by atoms with van der Waals surface area (Å²) in [4.78, 5) is 25.5. The Morgan fingerprint density at radius 1 is 1.26 bits per heavy atom. The smallest absolute Gasteiger partial charge is 0.404 e. The molecule has 0 spiro atoms. The zero-order chi connectivity index (χ0) is 19.4. The van der Waals surface area contributed by atoms with Gasteiger partial charge in [-0.15, -0.1) is 0 Å². The van der Waals surface area contributed by atoms with Crippen LogP contribution in [0.15, 0.2) is 18.3 Å². The average molecular weight is 367 g/mol. The molecule has 9 heteroatoms. The maximum Gasteiger partial charge on any atom is 0.404 e. The number of aromatic nitrogens is 3. The number of nitrogens with one attached hydrogen (secondary N) is 1. The summed E-state index contributed by atoms with van der Waals surface area (Å²) in [5.74, 6) is 7.47. The average Bonchev–Trinajstić information content (AvgIpc) is 2.62. The molecule has 0 atom stereocenters. The maximum atomic E-state index is 10.8. The molecule has 1 amide bonds. The number of rotatable bonds is 2. The number of amides is 1. The molecule has 1 aliphatic heterocycles. The number of piperidine rings is 1. The summed E-state index contributed by atoms with van der Waals surface area (Å²) in [5, 5.41) is 11.4. The molecule has 1 saturated heterocycles. The fourth-order valence-corrected chi connectivity index (χ4v) is 2.98. The van der Waals surface area contributed by atoms with E-state index in [2.05, 4.69) is 37.0 Å². The van der Waals surface area contributed by atoms with Gasteiger partial charge in [0.15, 0.2) is 0 Å². The summed E-state index contributed by atoms with van der Waals surface area (Å²) >= 11 is 0. The number of pyridine rings is 1. The zero-order valence-electron chi connectivity index (χ0n) is 14.9. The Labute approximate surface area is 156 Å². The van der Waals surface area contributed by atoms with Crippen molar-refractivity contribution in [1.82, 2.24) is 20.3 Å². The zero-order valence-corrected chi connectivity index (χ0v) is 14.9. The molecule has 2 aromatic heterocycles. The van der Waals surface area contributed by atoms with Crippen molar-refractivity contribution in [2.24, 2.45) is 0 Å². The predicted octanol–water partition coefficient (Wildman–Crippen LogP) is 0.981. The molecule has 1 fully saturated rings. The highest BCUT2D eigenvalue weighted by Crippen LogP contribution is 2.24. The van der Waals surface area contributed by atoms with Crippen molar-refractivity contribution < 1.29 is 9.90 Å². The van der Waals surface area contributed by atoms with Gasteiger partial charge in [0.1, 0.15) is 11.6 Å². The standard InChI is InChI=1S/C18H21N7O2/c1-11-14(4-2-12-3-5-15(19)21-10-12)16(24-17(20)22-11)25-8-6-13(7-9-25)23-18(26)27/h3,5,10,13,23H,6-9H2,1H3,(H2,19,21)(H,26,27)(H2,20,22,24). The minimum Gasteiger partial charge on any atom is -0.465 e. The summed E-state index contributed by atoms with van der Waals surface area (Å²) in [6, 6.07) is 3.43. The number of carboxylic acid groups (broad SMARTS) is 1. The van der Waals surface area contributed by atoms with Gasteiger partial charge < -0.3 is 26.8 Å². The second-order valence-electron chi connectivity index (χ2n) is 6.30. The maximum absolute atomic E-state index is 10.8. The van der Waals surface area contributed by atoms with Crippen LogP contribution in [0, 0.1) is 18.8 Å². The lowest BCUT2D eigenvalue weighted by molar-refractivity contribution is 0.187. The van der Waals surface area contributed by atoms with Gasteiger partial charge in [-0.1, -0.05) is 11.8 Å². The van der Waals surface area contributed by atoms with Gasteiger partial charge >= 0.3 is 6.09 Å². The molecule has 9 nitrogen and oxygen atoms in total. The van der Waals surface area contributed by atoms with Gasteiger partial charge in [-0.3, -0.25) is 0 Å². The Kier molecular flexibility index (Phi) is 5.26. The van der Waals surface area contributed by atoms with E-state index in [4.69, 9.17) is 16.6 Å². The van der Waals surface area contributed by atoms with Gasteiger partial charge in [0.25, 0.3) is 0 Å². The van der Waals surface area contributed by atoms with Gasteiger partial charge in [-0.2, -0.15) is 4.98 Å². The largest absolute Gasteiger partial charge is 0.465 e. The van der Waals surface area contributed by atoms with Crippen molar-refractivity contribution >= 4 is 23.7 Å². The van der Waals surface area contributed by atoms with Crippen molar-refractivity contribution in [2.75, 3.05) is 29.5 Å². The molecule has 0 bridgehead atoms. The van der Waals surface area contributed by atoms with Crippen molar-refractivity contribution in [2.45, 2.75) is 25.8 Å². The molecule has 0 saturated carbocycles. The predicted molar refractivity (Wildman–Crippen MR) is 102 cm³/mol. The van der Waals surface area contributed by atoms with Crippen molar-refractivity contribution in [3.05, 3.63) is 35.2 Å². The first-order valence-electron chi connectivity index (χ1n) is 8.54. The van der Waals surface area contributed by atoms with Crippen LogP contribution < -0.4 is 21.7 Å². The van der Waals surface area contributed by atoms with E-state index >= 15 is 0 Å². The summed E-state index contributed by atoms with van der Waals surface area (Å²) in [6.45, 7) is 3.14. The second kappa shape index (κ2) is 7.78. The molecule has 0 radical (unpaired) electrons. The van der Waals surface area contributed by atoms with Gasteiger partial charge in [0.2, 0.25) is 5.95 Å². The van der Waals surface area contributed by atoms with Crippen molar-refractivity contribution in [1.29, 1.82) is 0 Å². The van der Waals surface area contributed by atoms with Gasteiger partial charge in [0, 0.05) is 30.9 Å². The highest BCUT2D eigenvalue weighted by atomic mass is 16.4. The number of nitrogens with two attached hydrogens (primary N) is 2. The highest BCUT2D eigenvalue weighted by Gasteiger charge is 2.24. The monoisotopic (exact) mass is 367 g/mol. The van der Waals surface area contributed by atoms with Crippen LogP contribution in [-0.2, 0) is 0 Å². The van der Waals surface area contributed by atoms with E-state index < -0.39 is 6.09 Å². The first kappa shape index (κ1) is 18.3. The number of nitrogens with zero attached hydrogens (tertiary/aromatic N) is 4. The number of nitrogen functional groups attached to an aromatic ring is 2. The molecule has 2 aromatic rings. The Bertz CT molecular complexity index is 894. The van der Waals surface area contributed by atoms with E-state index in [0.717, 1.165) is 5.56 Å². The molecule has 3 rings (SSSR count). The molecule has 3 heterocycles. The Morgan fingerprint density at radius 3 is 2.63 bits per heavy atom. The summed E-state index contributed by atoms with van der Waals surface area (Å²) < 4.78 is 0. The molecular weight excluding hydrogens is 346 g/mol. The van der Waals surface area contributed by atoms with E-state index in [-0.39, 0.29) is 12.0 Å². The van der Waals surface area contributed by atoms with Crippen LogP contribution in [0.2, 0.25) is 0 Å². The molecule has 140 valence electrons. The highest BCUT2D eigenvalue weighted by molar-refractivity contribution is 5.65. The third-order valence-corrected chi connectivity index (χ3v) is 4.33. The third kappa shape index (κ3) is 4.55. The second-order valence-corrected chi connectivity index (χ2v) is 6.30. The number of hydrogen-bond donors (Lipinski definition) is 4. The molecule has 1 aliphatic rings. The van der Waals surface area contributed by atoms with Crippen molar-refractivity contribution in [3.8, 4) is 11.8 Å². The molecular formula is C18H21N7O2. The third-order valence-electron chi connectivity index (χ3n) is 4.33. The van der Waals surface area contributed by atoms with Crippen LogP contribution in [0.1, 0.15) is 29.7 Å². The Morgan fingerprint density at radius 2 is 2.00 bits per heavy atom. The molecule has 0 unspecified atom stereocenters. The molecule has 27 heavy (non-hydrogen) atoms. The van der Waals surface area contributed by atoms with Crippen LogP contribution in [-0.4, -0.2) is 45.3 Å².